The van der Waals surface area contributed by atoms with Gasteiger partial charge in [-0.15, -0.1) is 0 Å². The number of carbonyl (C=O) groups is 1. The van der Waals surface area contributed by atoms with E-state index in [-0.39, 0.29) is 11.9 Å². The molecule has 0 aromatic heterocycles. The first kappa shape index (κ1) is 21.0. The van der Waals surface area contributed by atoms with Crippen LogP contribution < -0.4 is 19.9 Å². The zero-order valence-electron chi connectivity index (χ0n) is 17.4. The Bertz CT molecular complexity index is 798. The van der Waals surface area contributed by atoms with Gasteiger partial charge in [0.25, 0.3) is 5.91 Å². The molecule has 2 unspecified atom stereocenters. The highest BCUT2D eigenvalue weighted by atomic mass is 16.5. The average Bonchev–Trinajstić information content (AvgIpc) is 2.77. The lowest BCUT2D eigenvalue weighted by Gasteiger charge is -2.34. The number of amides is 1. The van der Waals surface area contributed by atoms with Gasteiger partial charge in [-0.1, -0.05) is 30.3 Å². The molecular weight excluding hydrogens is 368 g/mol. The van der Waals surface area contributed by atoms with E-state index in [0.717, 1.165) is 24.9 Å². The summed E-state index contributed by atoms with van der Waals surface area (Å²) in [5.74, 6) is 1.72. The van der Waals surface area contributed by atoms with Crippen molar-refractivity contribution in [3.05, 3.63) is 53.6 Å². The van der Waals surface area contributed by atoms with E-state index >= 15 is 0 Å². The van der Waals surface area contributed by atoms with E-state index in [1.54, 1.807) is 26.4 Å². The molecule has 2 aromatic carbocycles. The lowest BCUT2D eigenvalue weighted by molar-refractivity contribution is 0.0660. The van der Waals surface area contributed by atoms with Crippen LogP contribution in [0.1, 0.15) is 35.7 Å². The first-order chi connectivity index (χ1) is 14.0. The summed E-state index contributed by atoms with van der Waals surface area (Å²) in [6.45, 7) is 3.79. The van der Waals surface area contributed by atoms with Crippen LogP contribution in [0.25, 0.3) is 0 Å². The third-order valence-corrected chi connectivity index (χ3v) is 5.42. The van der Waals surface area contributed by atoms with Gasteiger partial charge in [-0.3, -0.25) is 4.79 Å². The lowest BCUT2D eigenvalue weighted by atomic mass is 9.92. The van der Waals surface area contributed by atoms with E-state index in [2.05, 4.69) is 0 Å². The SMILES string of the molecule is COc1cc(C(=O)N2CCCC(C(C)N)C2)cc(OC)c1OCc1ccccc1. The van der Waals surface area contributed by atoms with Crippen molar-refractivity contribution in [2.24, 2.45) is 11.7 Å². The Morgan fingerprint density at radius 3 is 2.41 bits per heavy atom. The Balaban J connectivity index is 1.82. The summed E-state index contributed by atoms with van der Waals surface area (Å²) in [4.78, 5) is 15.0. The number of nitrogens with two attached hydrogens (primary N) is 1. The standard InChI is InChI=1S/C23H30N2O4/c1-16(24)18-10-7-11-25(14-18)23(26)19-12-20(27-2)22(21(13-19)28-3)29-15-17-8-5-4-6-9-17/h4-6,8-9,12-13,16,18H,7,10-11,14-15,24H2,1-3H3. The maximum absolute atomic E-state index is 13.1. The smallest absolute Gasteiger partial charge is 0.254 e. The Hall–Kier alpha value is -2.73. The van der Waals surface area contributed by atoms with Crippen LogP contribution in [0.5, 0.6) is 17.2 Å². The van der Waals surface area contributed by atoms with Crippen molar-refractivity contribution in [3.8, 4) is 17.2 Å². The summed E-state index contributed by atoms with van der Waals surface area (Å²) < 4.78 is 17.0. The summed E-state index contributed by atoms with van der Waals surface area (Å²) in [6.07, 6.45) is 2.02. The monoisotopic (exact) mass is 398 g/mol. The molecule has 1 saturated heterocycles. The summed E-state index contributed by atoms with van der Waals surface area (Å²) in [5.41, 5.74) is 7.62. The minimum atomic E-state index is -0.0402. The van der Waals surface area contributed by atoms with Gasteiger partial charge in [0, 0.05) is 24.7 Å². The molecular formula is C23H30N2O4. The third-order valence-electron chi connectivity index (χ3n) is 5.42. The van der Waals surface area contributed by atoms with Crippen molar-refractivity contribution < 1.29 is 19.0 Å². The van der Waals surface area contributed by atoms with Gasteiger partial charge < -0.3 is 24.8 Å². The molecule has 3 rings (SSSR count). The molecule has 0 radical (unpaired) electrons. The van der Waals surface area contributed by atoms with E-state index in [4.69, 9.17) is 19.9 Å². The van der Waals surface area contributed by atoms with Crippen molar-refractivity contribution in [3.63, 3.8) is 0 Å². The normalized spacial score (nSPS) is 17.5. The molecule has 1 fully saturated rings. The number of likely N-dealkylation sites (tertiary alicyclic amines) is 1. The van der Waals surface area contributed by atoms with Gasteiger partial charge in [-0.25, -0.2) is 0 Å². The van der Waals surface area contributed by atoms with Crippen LogP contribution in [0.15, 0.2) is 42.5 Å². The molecule has 0 bridgehead atoms. The molecule has 1 aliphatic heterocycles. The number of hydrogen-bond acceptors (Lipinski definition) is 5. The predicted octanol–water partition coefficient (Wildman–Crippen LogP) is 3.48. The van der Waals surface area contributed by atoms with Crippen LogP contribution in [0.2, 0.25) is 0 Å². The maximum atomic E-state index is 13.1. The average molecular weight is 399 g/mol. The Morgan fingerprint density at radius 2 is 1.83 bits per heavy atom. The van der Waals surface area contributed by atoms with Crippen LogP contribution in [-0.2, 0) is 6.61 Å². The third kappa shape index (κ3) is 5.01. The minimum absolute atomic E-state index is 0.0402. The molecule has 156 valence electrons. The zero-order valence-corrected chi connectivity index (χ0v) is 17.4. The van der Waals surface area contributed by atoms with E-state index in [1.165, 1.54) is 0 Å². The van der Waals surface area contributed by atoms with Crippen LogP contribution in [0.3, 0.4) is 0 Å². The lowest BCUT2D eigenvalue weighted by Crippen LogP contribution is -2.45. The second-order valence-electron chi connectivity index (χ2n) is 7.50. The van der Waals surface area contributed by atoms with Crippen molar-refractivity contribution >= 4 is 5.91 Å². The molecule has 1 amide bonds. The quantitative estimate of drug-likeness (QED) is 0.773. The molecule has 0 saturated carbocycles. The molecule has 6 heteroatoms. The highest BCUT2D eigenvalue weighted by Gasteiger charge is 2.28. The van der Waals surface area contributed by atoms with Crippen LogP contribution in [-0.4, -0.2) is 44.2 Å². The molecule has 2 N–H and O–H groups in total. The summed E-state index contributed by atoms with van der Waals surface area (Å²) in [6, 6.07) is 13.4. The van der Waals surface area contributed by atoms with Gasteiger partial charge in [-0.05, 0) is 43.4 Å². The van der Waals surface area contributed by atoms with Gasteiger partial charge >= 0.3 is 0 Å². The van der Waals surface area contributed by atoms with E-state index in [9.17, 15) is 4.79 Å². The topological polar surface area (TPSA) is 74.0 Å². The van der Waals surface area contributed by atoms with Crippen LogP contribution >= 0.6 is 0 Å². The molecule has 0 aliphatic carbocycles. The highest BCUT2D eigenvalue weighted by molar-refractivity contribution is 5.95. The molecule has 1 heterocycles. The molecule has 1 aliphatic rings. The predicted molar refractivity (Wildman–Crippen MR) is 113 cm³/mol. The van der Waals surface area contributed by atoms with E-state index in [0.29, 0.717) is 41.9 Å². The number of methoxy groups -OCH3 is 2. The largest absolute Gasteiger partial charge is 0.493 e. The molecule has 29 heavy (non-hydrogen) atoms. The van der Waals surface area contributed by atoms with Crippen molar-refractivity contribution in [2.45, 2.75) is 32.4 Å². The number of benzene rings is 2. The number of piperidine rings is 1. The number of nitrogens with zero attached hydrogens (tertiary/aromatic N) is 1. The van der Waals surface area contributed by atoms with Gasteiger partial charge in [0.2, 0.25) is 5.75 Å². The zero-order chi connectivity index (χ0) is 20.8. The summed E-state index contributed by atoms with van der Waals surface area (Å²) in [7, 11) is 3.12. The second kappa shape index (κ2) is 9.65. The fourth-order valence-electron chi connectivity index (χ4n) is 3.68. The Labute approximate surface area is 172 Å². The summed E-state index contributed by atoms with van der Waals surface area (Å²) >= 11 is 0. The first-order valence-corrected chi connectivity index (χ1v) is 10.0. The maximum Gasteiger partial charge on any atom is 0.254 e. The van der Waals surface area contributed by atoms with E-state index < -0.39 is 0 Å². The fourth-order valence-corrected chi connectivity index (χ4v) is 3.68. The first-order valence-electron chi connectivity index (χ1n) is 10.0. The van der Waals surface area contributed by atoms with Crippen molar-refractivity contribution in [1.29, 1.82) is 0 Å². The molecule has 2 aromatic rings. The molecule has 6 nitrogen and oxygen atoms in total. The number of carbonyl (C=O) groups excluding carboxylic acids is 1. The second-order valence-corrected chi connectivity index (χ2v) is 7.50. The molecule has 0 spiro atoms. The van der Waals surface area contributed by atoms with Crippen LogP contribution in [0, 0.1) is 5.92 Å². The Kier molecular flexibility index (Phi) is 6.99. The van der Waals surface area contributed by atoms with Gasteiger partial charge in [0.15, 0.2) is 11.5 Å². The molecule has 2 atom stereocenters. The minimum Gasteiger partial charge on any atom is -0.493 e. The van der Waals surface area contributed by atoms with Crippen molar-refractivity contribution in [2.75, 3.05) is 27.3 Å². The summed E-state index contributed by atoms with van der Waals surface area (Å²) in [5, 5.41) is 0. The van der Waals surface area contributed by atoms with Crippen LogP contribution in [0.4, 0.5) is 0 Å². The van der Waals surface area contributed by atoms with Gasteiger partial charge in [0.1, 0.15) is 6.61 Å². The number of hydrogen-bond donors (Lipinski definition) is 1. The van der Waals surface area contributed by atoms with Crippen molar-refractivity contribution in [1.82, 2.24) is 4.90 Å². The number of rotatable bonds is 7. The van der Waals surface area contributed by atoms with E-state index in [1.807, 2.05) is 42.2 Å². The Morgan fingerprint density at radius 1 is 1.17 bits per heavy atom. The van der Waals surface area contributed by atoms with Gasteiger partial charge in [0.05, 0.1) is 14.2 Å². The number of ether oxygens (including phenoxy) is 3. The fraction of sp³-hybridized carbons (Fsp3) is 0.435. The van der Waals surface area contributed by atoms with Gasteiger partial charge in [-0.2, -0.15) is 0 Å². The highest BCUT2D eigenvalue weighted by Crippen LogP contribution is 2.39.